The van der Waals surface area contributed by atoms with E-state index in [2.05, 4.69) is 6.92 Å². The monoisotopic (exact) mass is 442 g/mol. The number of hydrogen-bond donors (Lipinski definition) is 0. The van der Waals surface area contributed by atoms with Crippen LogP contribution in [0.2, 0.25) is 0 Å². The fourth-order valence-corrected chi connectivity index (χ4v) is 3.41. The minimum Gasteiger partial charge on any atom is -0.463 e. The first-order valence-electron chi connectivity index (χ1n) is 11.2. The lowest BCUT2D eigenvalue weighted by Crippen LogP contribution is -2.22. The van der Waals surface area contributed by atoms with Crippen LogP contribution >= 0.6 is 34.8 Å². The lowest BCUT2D eigenvalue weighted by Gasteiger charge is -2.10. The van der Waals surface area contributed by atoms with Crippen molar-refractivity contribution in [3.8, 4) is 0 Å². The normalized spacial score (nSPS) is 11.7. The standard InChI is InChI=1S/C22H41Cl3O2/c1-2-3-4-5-6-7-8-9-10-11-12-13-14-15-16-17-18-19-20-27-21(26)22(23,24)25/h2-20H2,1H3. The molecule has 162 valence electrons. The molecule has 0 rings (SSSR count). The molecule has 0 fully saturated rings. The fourth-order valence-electron chi connectivity index (χ4n) is 3.25. The third-order valence-corrected chi connectivity index (χ3v) is 5.43. The molecular weight excluding hydrogens is 403 g/mol. The Morgan fingerprint density at radius 3 is 1.19 bits per heavy atom. The SMILES string of the molecule is CCCCCCCCCCCCCCCCCCCCOC(=O)C(Cl)(Cl)Cl. The van der Waals surface area contributed by atoms with Crippen LogP contribution in [0.25, 0.3) is 0 Å². The summed E-state index contributed by atoms with van der Waals surface area (Å²) in [5.74, 6) is -0.778. The van der Waals surface area contributed by atoms with E-state index in [-0.39, 0.29) is 0 Å². The van der Waals surface area contributed by atoms with Gasteiger partial charge in [0.15, 0.2) is 0 Å². The molecule has 0 aliphatic carbocycles. The largest absolute Gasteiger partial charge is 0.463 e. The van der Waals surface area contributed by atoms with Crippen LogP contribution in [0.4, 0.5) is 0 Å². The number of rotatable bonds is 19. The van der Waals surface area contributed by atoms with Gasteiger partial charge in [-0.2, -0.15) is 0 Å². The van der Waals surface area contributed by atoms with Crippen LogP contribution in [0.15, 0.2) is 0 Å². The summed E-state index contributed by atoms with van der Waals surface area (Å²) >= 11 is 16.3. The lowest BCUT2D eigenvalue weighted by atomic mass is 10.0. The third kappa shape index (κ3) is 20.9. The Bertz CT molecular complexity index is 330. The van der Waals surface area contributed by atoms with Gasteiger partial charge in [0.1, 0.15) is 0 Å². The van der Waals surface area contributed by atoms with Crippen molar-refractivity contribution in [1.82, 2.24) is 0 Å². The molecule has 27 heavy (non-hydrogen) atoms. The second-order valence-electron chi connectivity index (χ2n) is 7.64. The molecule has 0 heterocycles. The van der Waals surface area contributed by atoms with Crippen LogP contribution < -0.4 is 0 Å². The molecule has 0 aliphatic heterocycles. The van der Waals surface area contributed by atoms with Crippen LogP contribution in [-0.4, -0.2) is 16.4 Å². The number of alkyl halides is 3. The van der Waals surface area contributed by atoms with Gasteiger partial charge in [0.25, 0.3) is 3.79 Å². The molecule has 0 aromatic heterocycles. The highest BCUT2D eigenvalue weighted by Gasteiger charge is 2.32. The second kappa shape index (κ2) is 19.6. The average molecular weight is 444 g/mol. The van der Waals surface area contributed by atoms with Crippen molar-refractivity contribution in [3.05, 3.63) is 0 Å². The van der Waals surface area contributed by atoms with Gasteiger partial charge in [-0.1, -0.05) is 151 Å². The molecule has 0 bridgehead atoms. The van der Waals surface area contributed by atoms with Crippen molar-refractivity contribution in [1.29, 1.82) is 0 Å². The van der Waals surface area contributed by atoms with Gasteiger partial charge in [-0.25, -0.2) is 4.79 Å². The van der Waals surface area contributed by atoms with Crippen LogP contribution in [0, 0.1) is 0 Å². The van der Waals surface area contributed by atoms with Crippen LogP contribution in [0.5, 0.6) is 0 Å². The zero-order valence-corrected chi connectivity index (χ0v) is 19.7. The Morgan fingerprint density at radius 1 is 0.593 bits per heavy atom. The van der Waals surface area contributed by atoms with Crippen LogP contribution in [0.1, 0.15) is 122 Å². The molecule has 0 saturated carbocycles. The summed E-state index contributed by atoms with van der Waals surface area (Å²) in [6.45, 7) is 2.62. The molecule has 0 aliphatic rings. The number of ether oxygens (including phenoxy) is 1. The van der Waals surface area contributed by atoms with Crippen molar-refractivity contribution in [3.63, 3.8) is 0 Å². The molecular formula is C22H41Cl3O2. The van der Waals surface area contributed by atoms with E-state index in [1.165, 1.54) is 103 Å². The molecule has 0 atom stereocenters. The van der Waals surface area contributed by atoms with Crippen molar-refractivity contribution < 1.29 is 9.53 Å². The highest BCUT2D eigenvalue weighted by molar-refractivity contribution is 6.75. The third-order valence-electron chi connectivity index (χ3n) is 4.96. The lowest BCUT2D eigenvalue weighted by molar-refractivity contribution is -0.142. The van der Waals surface area contributed by atoms with Crippen molar-refractivity contribution in [2.24, 2.45) is 0 Å². The summed E-state index contributed by atoms with van der Waals surface area (Å²) in [6, 6.07) is 0. The van der Waals surface area contributed by atoms with Crippen molar-refractivity contribution in [2.75, 3.05) is 6.61 Å². The highest BCUT2D eigenvalue weighted by Crippen LogP contribution is 2.27. The van der Waals surface area contributed by atoms with Gasteiger partial charge < -0.3 is 4.74 Å². The van der Waals surface area contributed by atoms with Crippen molar-refractivity contribution in [2.45, 2.75) is 126 Å². The van der Waals surface area contributed by atoms with E-state index in [0.717, 1.165) is 12.8 Å². The summed E-state index contributed by atoms with van der Waals surface area (Å²) in [5, 5.41) is 0. The maximum atomic E-state index is 11.2. The van der Waals surface area contributed by atoms with E-state index >= 15 is 0 Å². The Hall–Kier alpha value is 0.340. The van der Waals surface area contributed by atoms with E-state index in [0.29, 0.717) is 6.61 Å². The quantitative estimate of drug-likeness (QED) is 0.113. The number of halogens is 3. The molecule has 0 spiro atoms. The summed E-state index contributed by atoms with van der Waals surface area (Å²) in [4.78, 5) is 11.2. The number of carbonyl (C=O) groups excluding carboxylic acids is 1. The zero-order valence-electron chi connectivity index (χ0n) is 17.4. The molecule has 0 radical (unpaired) electrons. The highest BCUT2D eigenvalue weighted by atomic mass is 35.6. The Morgan fingerprint density at radius 2 is 0.889 bits per heavy atom. The molecule has 0 aromatic rings. The van der Waals surface area contributed by atoms with Gasteiger partial charge in [0.05, 0.1) is 6.61 Å². The first-order valence-corrected chi connectivity index (χ1v) is 12.4. The number of hydrogen-bond acceptors (Lipinski definition) is 2. The van der Waals surface area contributed by atoms with Gasteiger partial charge in [-0.3, -0.25) is 0 Å². The summed E-state index contributed by atoms with van der Waals surface area (Å²) < 4.78 is 2.95. The maximum absolute atomic E-state index is 11.2. The summed E-state index contributed by atoms with van der Waals surface area (Å²) in [7, 11) is 0. The van der Waals surface area contributed by atoms with E-state index in [1.807, 2.05) is 0 Å². The van der Waals surface area contributed by atoms with Gasteiger partial charge in [-0.15, -0.1) is 0 Å². The predicted octanol–water partition coefficient (Wildman–Crippen LogP) is 8.94. The molecule has 0 saturated heterocycles. The number of esters is 1. The van der Waals surface area contributed by atoms with Crippen molar-refractivity contribution >= 4 is 40.8 Å². The van der Waals surface area contributed by atoms with E-state index < -0.39 is 9.76 Å². The zero-order chi connectivity index (χ0) is 20.2. The smallest absolute Gasteiger partial charge is 0.358 e. The van der Waals surface area contributed by atoms with Crippen LogP contribution in [0.3, 0.4) is 0 Å². The number of carbonyl (C=O) groups is 1. The van der Waals surface area contributed by atoms with Gasteiger partial charge in [-0.05, 0) is 6.42 Å². The molecule has 5 heteroatoms. The topological polar surface area (TPSA) is 26.3 Å². The second-order valence-corrected chi connectivity index (χ2v) is 9.93. The van der Waals surface area contributed by atoms with E-state index in [1.54, 1.807) is 0 Å². The first kappa shape index (κ1) is 27.3. The fraction of sp³-hybridized carbons (Fsp3) is 0.955. The molecule has 0 N–H and O–H groups in total. The maximum Gasteiger partial charge on any atom is 0.358 e. The van der Waals surface area contributed by atoms with Gasteiger partial charge in [0.2, 0.25) is 0 Å². The van der Waals surface area contributed by atoms with E-state index in [4.69, 9.17) is 39.5 Å². The molecule has 0 aromatic carbocycles. The molecule has 2 nitrogen and oxygen atoms in total. The summed E-state index contributed by atoms with van der Waals surface area (Å²) in [6.07, 6.45) is 24.0. The number of unbranched alkanes of at least 4 members (excludes halogenated alkanes) is 17. The van der Waals surface area contributed by atoms with Gasteiger partial charge in [0, 0.05) is 0 Å². The predicted molar refractivity (Wildman–Crippen MR) is 120 cm³/mol. The van der Waals surface area contributed by atoms with Crippen LogP contribution in [-0.2, 0) is 9.53 Å². The average Bonchev–Trinajstić information content (AvgIpc) is 2.62. The van der Waals surface area contributed by atoms with Gasteiger partial charge >= 0.3 is 5.97 Å². The Balaban J connectivity index is 3.10. The summed E-state index contributed by atoms with van der Waals surface area (Å²) in [5.41, 5.74) is 0. The first-order chi connectivity index (χ1) is 13.0. The Kier molecular flexibility index (Phi) is 19.9. The molecule has 0 unspecified atom stereocenters. The minimum absolute atomic E-state index is 0.339. The Labute approximate surface area is 183 Å². The molecule has 0 amide bonds. The van der Waals surface area contributed by atoms with E-state index in [9.17, 15) is 4.79 Å². The minimum atomic E-state index is -1.95.